The van der Waals surface area contributed by atoms with E-state index >= 15 is 0 Å². The number of furan rings is 1. The van der Waals surface area contributed by atoms with E-state index in [4.69, 9.17) is 9.15 Å². The molecule has 1 aliphatic heterocycles. The Bertz CT molecular complexity index is 4300. The van der Waals surface area contributed by atoms with Crippen molar-refractivity contribution in [3.63, 3.8) is 0 Å². The Morgan fingerprint density at radius 2 is 0.739 bits per heavy atom. The summed E-state index contributed by atoms with van der Waals surface area (Å²) < 4.78 is 13.8. The molecule has 0 atom stereocenters. The second kappa shape index (κ2) is 15.7. The number of anilines is 3. The summed E-state index contributed by atoms with van der Waals surface area (Å²) in [5, 5.41) is 13.6. The van der Waals surface area contributed by atoms with Crippen molar-refractivity contribution < 1.29 is 9.15 Å². The Balaban J connectivity index is 1.13. The van der Waals surface area contributed by atoms with Crippen molar-refractivity contribution in [1.82, 2.24) is 0 Å². The third kappa shape index (κ3) is 6.21. The molecule has 69 heavy (non-hydrogen) atoms. The summed E-state index contributed by atoms with van der Waals surface area (Å²) in [7, 11) is 0. The second-order valence-electron chi connectivity index (χ2n) is 17.9. The van der Waals surface area contributed by atoms with Gasteiger partial charge in [0.15, 0.2) is 0 Å². The molecule has 0 radical (unpaired) electrons. The topological polar surface area (TPSA) is 25.6 Å². The molecule has 1 aromatic heterocycles. The van der Waals surface area contributed by atoms with E-state index in [1.54, 1.807) is 0 Å². The molecular weight excluding hydrogens is 839 g/mol. The van der Waals surface area contributed by atoms with Crippen molar-refractivity contribution in [1.29, 1.82) is 0 Å². The number of hydrogen-bond donors (Lipinski definition) is 0. The van der Waals surface area contributed by atoms with Crippen LogP contribution < -0.4 is 9.64 Å². The highest BCUT2D eigenvalue weighted by molar-refractivity contribution is 6.31. The lowest BCUT2D eigenvalue weighted by atomic mass is 9.93. The van der Waals surface area contributed by atoms with Crippen molar-refractivity contribution >= 4 is 92.9 Å². The maximum Gasteiger partial charge on any atom is 0.143 e. The molecule has 3 nitrogen and oxygen atoms in total. The summed E-state index contributed by atoms with van der Waals surface area (Å²) in [4.78, 5) is 2.43. The Morgan fingerprint density at radius 1 is 0.275 bits per heavy atom. The van der Waals surface area contributed by atoms with E-state index < -0.39 is 0 Å². The predicted molar refractivity (Wildman–Crippen MR) is 290 cm³/mol. The van der Waals surface area contributed by atoms with Crippen LogP contribution in [0.4, 0.5) is 17.1 Å². The standard InChI is InChI=1S/C66H41NO2/c1-2-18-42(19-3-1)45-20-12-15-31-61(45)67(44-35-39-64-60(41-44)52-27-9-7-24-49(52)54-28-13-16-32-62(54)68-64)43-34-36-53-57-37-38-58-55-29-14-17-33-63(55)69-66(58)65(57)56-30-11-10-25-50(56)47-22-5-4-21-46(47)48-23-6-8-26-51(48)59(53)40-43/h1-41H. The molecule has 1 aliphatic rings. The monoisotopic (exact) mass is 879 g/mol. The number of hydrogen-bond acceptors (Lipinski definition) is 3. The van der Waals surface area contributed by atoms with Crippen LogP contribution >= 0.6 is 0 Å². The van der Waals surface area contributed by atoms with Crippen LogP contribution in [0.1, 0.15) is 0 Å². The lowest BCUT2D eigenvalue weighted by Gasteiger charge is -2.29. The zero-order valence-corrected chi connectivity index (χ0v) is 37.4. The smallest absolute Gasteiger partial charge is 0.143 e. The fourth-order valence-corrected chi connectivity index (χ4v) is 11.0. The lowest BCUT2D eigenvalue weighted by Crippen LogP contribution is -2.11. The quantitative estimate of drug-likeness (QED) is 0.176. The van der Waals surface area contributed by atoms with Crippen molar-refractivity contribution in [2.24, 2.45) is 0 Å². The van der Waals surface area contributed by atoms with Gasteiger partial charge < -0.3 is 14.1 Å². The highest BCUT2D eigenvalue weighted by atomic mass is 16.5. The van der Waals surface area contributed by atoms with E-state index in [1.165, 1.54) is 16.2 Å². The van der Waals surface area contributed by atoms with Gasteiger partial charge in [0, 0.05) is 44.2 Å². The summed E-state index contributed by atoms with van der Waals surface area (Å²) in [5.41, 5.74) is 11.5. The van der Waals surface area contributed by atoms with E-state index in [-0.39, 0.29) is 0 Å². The van der Waals surface area contributed by atoms with Crippen LogP contribution in [0.3, 0.4) is 0 Å². The molecule has 0 amide bonds. The van der Waals surface area contributed by atoms with Crippen molar-refractivity contribution in [3.8, 4) is 44.9 Å². The minimum atomic E-state index is 0.819. The molecule has 2 heterocycles. The summed E-state index contributed by atoms with van der Waals surface area (Å²) in [5.74, 6) is 1.67. The highest BCUT2D eigenvalue weighted by Gasteiger charge is 2.25. The van der Waals surface area contributed by atoms with Gasteiger partial charge in [-0.25, -0.2) is 0 Å². The van der Waals surface area contributed by atoms with Gasteiger partial charge in [-0.1, -0.05) is 194 Å². The fourth-order valence-electron chi connectivity index (χ4n) is 11.0. The molecule has 0 spiro atoms. The molecule has 322 valence electrons. The summed E-state index contributed by atoms with van der Waals surface area (Å²) in [6.07, 6.45) is 0. The Kier molecular flexibility index (Phi) is 8.90. The maximum absolute atomic E-state index is 6.96. The molecular formula is C66H41NO2. The number of fused-ring (bicyclic) bond motifs is 19. The number of rotatable bonds is 4. The average Bonchev–Trinajstić information content (AvgIpc) is 3.73. The minimum absolute atomic E-state index is 0.819. The van der Waals surface area contributed by atoms with Gasteiger partial charge in [0.1, 0.15) is 22.7 Å². The van der Waals surface area contributed by atoms with Crippen LogP contribution in [0.2, 0.25) is 0 Å². The number of para-hydroxylation sites is 3. The first-order valence-corrected chi connectivity index (χ1v) is 23.6. The van der Waals surface area contributed by atoms with Gasteiger partial charge in [-0.3, -0.25) is 0 Å². The van der Waals surface area contributed by atoms with Crippen molar-refractivity contribution in [2.75, 3.05) is 4.90 Å². The largest absolute Gasteiger partial charge is 0.456 e. The predicted octanol–water partition coefficient (Wildman–Crippen LogP) is 19.1. The van der Waals surface area contributed by atoms with Gasteiger partial charge >= 0.3 is 0 Å². The van der Waals surface area contributed by atoms with Gasteiger partial charge in [-0.05, 0) is 120 Å². The van der Waals surface area contributed by atoms with E-state index in [1.807, 2.05) is 6.07 Å². The molecule has 0 N–H and O–H groups in total. The molecule has 0 saturated heterocycles. The molecule has 0 bridgehead atoms. The third-order valence-electron chi connectivity index (χ3n) is 14.1. The van der Waals surface area contributed by atoms with Crippen LogP contribution in [0.15, 0.2) is 253 Å². The summed E-state index contributed by atoms with van der Waals surface area (Å²) in [6.45, 7) is 0. The van der Waals surface area contributed by atoms with Crippen LogP contribution in [0.5, 0.6) is 11.5 Å². The Hall–Kier alpha value is -9.18. The van der Waals surface area contributed by atoms with Crippen LogP contribution in [-0.2, 0) is 0 Å². The lowest BCUT2D eigenvalue weighted by molar-refractivity contribution is 0.488. The zero-order valence-electron chi connectivity index (χ0n) is 37.4. The first kappa shape index (κ1) is 39.0. The average molecular weight is 880 g/mol. The first-order valence-electron chi connectivity index (χ1n) is 23.6. The third-order valence-corrected chi connectivity index (χ3v) is 14.1. The van der Waals surface area contributed by atoms with Crippen LogP contribution in [-0.4, -0.2) is 0 Å². The van der Waals surface area contributed by atoms with Gasteiger partial charge in [0.2, 0.25) is 0 Å². The molecule has 0 aliphatic carbocycles. The fraction of sp³-hybridized carbons (Fsp3) is 0. The van der Waals surface area contributed by atoms with Gasteiger partial charge in [-0.15, -0.1) is 0 Å². The highest BCUT2D eigenvalue weighted by Crippen LogP contribution is 2.51. The van der Waals surface area contributed by atoms with Crippen LogP contribution in [0, 0.1) is 0 Å². The first-order chi connectivity index (χ1) is 34.2. The van der Waals surface area contributed by atoms with Gasteiger partial charge in [0.25, 0.3) is 0 Å². The molecule has 0 unspecified atom stereocenters. The normalized spacial score (nSPS) is 11.9. The van der Waals surface area contributed by atoms with Gasteiger partial charge in [0.05, 0.1) is 5.69 Å². The molecule has 3 heteroatoms. The number of ether oxygens (including phenoxy) is 1. The SMILES string of the molecule is c1ccc(-c2ccccc2N(c2ccc3c(c2)-c2ccccc2-c2ccccc2O3)c2ccc3c(c2)c2ccccc2c2ccccc2c2ccccc2c2c3ccc3c4ccccc4oc32)cc1. The molecule has 12 aromatic carbocycles. The maximum atomic E-state index is 6.96. The van der Waals surface area contributed by atoms with E-state index in [2.05, 4.69) is 248 Å². The van der Waals surface area contributed by atoms with Crippen LogP contribution in [0.25, 0.3) is 109 Å². The summed E-state index contributed by atoms with van der Waals surface area (Å²) in [6, 6.07) is 89.7. The van der Waals surface area contributed by atoms with Crippen molar-refractivity contribution in [2.45, 2.75) is 0 Å². The minimum Gasteiger partial charge on any atom is -0.456 e. The van der Waals surface area contributed by atoms with E-state index in [0.717, 1.165) is 122 Å². The van der Waals surface area contributed by atoms with Gasteiger partial charge in [-0.2, -0.15) is 0 Å². The zero-order chi connectivity index (χ0) is 45.4. The Morgan fingerprint density at radius 3 is 1.48 bits per heavy atom. The molecule has 0 fully saturated rings. The molecule has 13 aromatic rings. The number of benzene rings is 11. The molecule has 0 saturated carbocycles. The number of nitrogens with zero attached hydrogens (tertiary/aromatic N) is 1. The second-order valence-corrected chi connectivity index (χ2v) is 17.9. The van der Waals surface area contributed by atoms with E-state index in [0.29, 0.717) is 0 Å². The molecule has 14 rings (SSSR count). The van der Waals surface area contributed by atoms with E-state index in [9.17, 15) is 0 Å². The summed E-state index contributed by atoms with van der Waals surface area (Å²) >= 11 is 0. The Labute approximate surface area is 398 Å². The van der Waals surface area contributed by atoms with Crippen molar-refractivity contribution in [3.05, 3.63) is 249 Å².